The number of halogens is 3. The Hall–Kier alpha value is -3.20. The van der Waals surface area contributed by atoms with E-state index in [1.165, 1.54) is 11.0 Å². The molecule has 1 aliphatic carbocycles. The number of aryl methyl sites for hydroxylation is 1. The first kappa shape index (κ1) is 23.2. The fourth-order valence-corrected chi connectivity index (χ4v) is 5.87. The van der Waals surface area contributed by atoms with Crippen molar-refractivity contribution in [1.82, 2.24) is 19.7 Å². The number of amides is 1. The molecule has 6 nitrogen and oxygen atoms in total. The van der Waals surface area contributed by atoms with Crippen LogP contribution in [-0.2, 0) is 19.8 Å². The van der Waals surface area contributed by atoms with Gasteiger partial charge in [-0.25, -0.2) is 0 Å². The van der Waals surface area contributed by atoms with Crippen LogP contribution < -0.4 is 4.90 Å². The summed E-state index contributed by atoms with van der Waals surface area (Å²) in [5.41, 5.74) is 1.77. The molecular weight excluding hydrogens is 467 g/mol. The number of alkyl halides is 3. The van der Waals surface area contributed by atoms with Crippen LogP contribution in [0.15, 0.2) is 42.7 Å². The average Bonchev–Trinajstić information content (AvgIpc) is 3.16. The molecule has 3 aromatic rings. The third kappa shape index (κ3) is 3.89. The third-order valence-electron chi connectivity index (χ3n) is 8.02. The number of carbonyl (C=O) groups excluding carboxylic acids is 1. The summed E-state index contributed by atoms with van der Waals surface area (Å²) in [5.74, 6) is 1.06. The van der Waals surface area contributed by atoms with E-state index in [1.54, 1.807) is 18.5 Å². The van der Waals surface area contributed by atoms with Crippen molar-refractivity contribution in [1.29, 1.82) is 0 Å². The smallest absolute Gasteiger partial charge is 0.320 e. The molecular formula is C27H28F3N5O. The van der Waals surface area contributed by atoms with Gasteiger partial charge in [-0.1, -0.05) is 12.1 Å². The number of aromatic nitrogens is 3. The molecule has 6 rings (SSSR count). The van der Waals surface area contributed by atoms with Crippen LogP contribution in [0, 0.1) is 0 Å². The Morgan fingerprint density at radius 1 is 1.08 bits per heavy atom. The van der Waals surface area contributed by atoms with E-state index in [4.69, 9.17) is 0 Å². The lowest BCUT2D eigenvalue weighted by Crippen LogP contribution is -2.24. The summed E-state index contributed by atoms with van der Waals surface area (Å²) < 4.78 is 44.4. The molecule has 3 atom stereocenters. The first-order valence-electron chi connectivity index (χ1n) is 12.5. The Morgan fingerprint density at radius 2 is 1.86 bits per heavy atom. The van der Waals surface area contributed by atoms with E-state index in [9.17, 15) is 18.0 Å². The summed E-state index contributed by atoms with van der Waals surface area (Å²) in [7, 11) is 1.92. The Labute approximate surface area is 207 Å². The van der Waals surface area contributed by atoms with Crippen LogP contribution in [0.2, 0.25) is 0 Å². The summed E-state index contributed by atoms with van der Waals surface area (Å²) in [6.45, 7) is 3.57. The average molecular weight is 496 g/mol. The van der Waals surface area contributed by atoms with Crippen molar-refractivity contribution in [3.05, 3.63) is 76.4 Å². The highest BCUT2D eigenvalue weighted by Gasteiger charge is 2.44. The van der Waals surface area contributed by atoms with Crippen LogP contribution in [0.3, 0.4) is 0 Å². The van der Waals surface area contributed by atoms with Crippen molar-refractivity contribution in [3.8, 4) is 0 Å². The van der Waals surface area contributed by atoms with E-state index in [1.807, 2.05) is 36.7 Å². The van der Waals surface area contributed by atoms with Crippen molar-refractivity contribution in [2.75, 3.05) is 18.0 Å². The minimum Gasteiger partial charge on any atom is -0.320 e. The van der Waals surface area contributed by atoms with Gasteiger partial charge >= 0.3 is 6.18 Å². The third-order valence-corrected chi connectivity index (χ3v) is 8.02. The Bertz CT molecular complexity index is 1330. The lowest BCUT2D eigenvalue weighted by molar-refractivity contribution is -0.138. The number of benzene rings is 2. The second kappa shape index (κ2) is 8.44. The highest BCUT2D eigenvalue weighted by molar-refractivity contribution is 6.10. The number of anilines is 1. The molecule has 9 heteroatoms. The molecule has 1 amide bonds. The normalized spacial score (nSPS) is 22.8. The molecule has 2 aliphatic heterocycles. The Morgan fingerprint density at radius 3 is 2.56 bits per heavy atom. The van der Waals surface area contributed by atoms with Gasteiger partial charge in [-0.2, -0.15) is 13.2 Å². The number of hydrogen-bond acceptors (Lipinski definition) is 4. The van der Waals surface area contributed by atoms with Gasteiger partial charge in [0, 0.05) is 30.3 Å². The molecule has 1 aromatic heterocycles. The summed E-state index contributed by atoms with van der Waals surface area (Å²) in [6, 6.07) is 10.4. The molecule has 2 aromatic carbocycles. The molecule has 0 spiro atoms. The molecule has 3 aliphatic rings. The number of carbonyl (C=O) groups is 1. The predicted molar refractivity (Wildman–Crippen MR) is 129 cm³/mol. The highest BCUT2D eigenvalue weighted by Crippen LogP contribution is 2.54. The summed E-state index contributed by atoms with van der Waals surface area (Å²) in [4.78, 5) is 17.2. The summed E-state index contributed by atoms with van der Waals surface area (Å²) >= 11 is 0. The number of likely N-dealkylation sites (tertiary alicyclic amines) is 1. The van der Waals surface area contributed by atoms with Crippen LogP contribution in [0.4, 0.5) is 18.9 Å². The maximum absolute atomic E-state index is 14.2. The van der Waals surface area contributed by atoms with Gasteiger partial charge in [0.15, 0.2) is 0 Å². The first-order valence-corrected chi connectivity index (χ1v) is 12.5. The van der Waals surface area contributed by atoms with Crippen molar-refractivity contribution in [2.45, 2.75) is 56.8 Å². The maximum atomic E-state index is 14.2. The molecule has 1 saturated carbocycles. The Kier molecular flexibility index (Phi) is 5.44. The van der Waals surface area contributed by atoms with Crippen molar-refractivity contribution < 1.29 is 18.0 Å². The van der Waals surface area contributed by atoms with Crippen molar-refractivity contribution >= 4 is 11.6 Å². The molecule has 3 unspecified atom stereocenters. The van der Waals surface area contributed by atoms with E-state index in [0.717, 1.165) is 43.7 Å². The zero-order valence-corrected chi connectivity index (χ0v) is 20.3. The molecule has 188 valence electrons. The van der Waals surface area contributed by atoms with E-state index in [0.29, 0.717) is 11.3 Å². The van der Waals surface area contributed by atoms with Gasteiger partial charge in [-0.3, -0.25) is 9.69 Å². The van der Waals surface area contributed by atoms with Crippen LogP contribution in [-0.4, -0.2) is 38.7 Å². The Balaban J connectivity index is 1.31. The van der Waals surface area contributed by atoms with E-state index in [2.05, 4.69) is 15.1 Å². The zero-order valence-electron chi connectivity index (χ0n) is 20.3. The molecule has 36 heavy (non-hydrogen) atoms. The standard InChI is InChI=1S/C27H28F3N5O/c1-16(34-8-3-4-9-34)18-11-22-23(24(12-18)27(28,29)30)14-35(26(22)36)19-7-5-6-17(10-19)20-13-21(20)25-32-31-15-33(25)2/h5-7,10-12,15-16,20-21H,3-4,8-9,13-14H2,1-2H3. The van der Waals surface area contributed by atoms with Gasteiger partial charge in [-0.15, -0.1) is 10.2 Å². The lowest BCUT2D eigenvalue weighted by Gasteiger charge is -2.25. The molecule has 0 radical (unpaired) electrons. The van der Waals surface area contributed by atoms with Crippen LogP contribution in [0.5, 0.6) is 0 Å². The SMILES string of the molecule is CC(c1cc2c(c(C(F)(F)F)c1)CN(c1cccc(C3CC3c3nncn3C)c1)C2=O)N1CCCC1. The van der Waals surface area contributed by atoms with E-state index >= 15 is 0 Å². The van der Waals surface area contributed by atoms with Crippen LogP contribution in [0.25, 0.3) is 0 Å². The molecule has 1 saturated heterocycles. The predicted octanol–water partition coefficient (Wildman–Crippen LogP) is 5.42. The largest absolute Gasteiger partial charge is 0.416 e. The monoisotopic (exact) mass is 495 g/mol. The minimum atomic E-state index is -4.53. The second-order valence-electron chi connectivity index (χ2n) is 10.2. The quantitative estimate of drug-likeness (QED) is 0.474. The second-order valence-corrected chi connectivity index (χ2v) is 10.2. The maximum Gasteiger partial charge on any atom is 0.416 e. The molecule has 2 fully saturated rings. The van der Waals surface area contributed by atoms with Gasteiger partial charge in [0.25, 0.3) is 5.91 Å². The minimum absolute atomic E-state index is 0.0682. The number of hydrogen-bond donors (Lipinski definition) is 0. The van der Waals surface area contributed by atoms with Crippen LogP contribution in [0.1, 0.15) is 82.5 Å². The van der Waals surface area contributed by atoms with Gasteiger partial charge in [0.1, 0.15) is 12.2 Å². The fraction of sp³-hybridized carbons (Fsp3) is 0.444. The van der Waals surface area contributed by atoms with Crippen molar-refractivity contribution in [2.24, 2.45) is 7.05 Å². The van der Waals surface area contributed by atoms with Gasteiger partial charge in [0.2, 0.25) is 0 Å². The number of nitrogens with zero attached hydrogens (tertiary/aromatic N) is 5. The molecule has 0 N–H and O–H groups in total. The number of fused-ring (bicyclic) bond motifs is 1. The first-order chi connectivity index (χ1) is 17.2. The van der Waals surface area contributed by atoms with Crippen molar-refractivity contribution in [3.63, 3.8) is 0 Å². The topological polar surface area (TPSA) is 54.3 Å². The van der Waals surface area contributed by atoms with Crippen LogP contribution >= 0.6 is 0 Å². The zero-order chi connectivity index (χ0) is 25.2. The summed E-state index contributed by atoms with van der Waals surface area (Å²) in [5, 5.41) is 8.18. The lowest BCUT2D eigenvalue weighted by atomic mass is 9.95. The van der Waals surface area contributed by atoms with Gasteiger partial charge < -0.3 is 9.47 Å². The highest BCUT2D eigenvalue weighted by atomic mass is 19.4. The van der Waals surface area contributed by atoms with Gasteiger partial charge in [0.05, 0.1) is 12.1 Å². The van der Waals surface area contributed by atoms with E-state index in [-0.39, 0.29) is 41.5 Å². The molecule has 3 heterocycles. The van der Waals surface area contributed by atoms with Gasteiger partial charge in [-0.05, 0) is 86.1 Å². The molecule has 0 bridgehead atoms. The van der Waals surface area contributed by atoms with E-state index < -0.39 is 11.7 Å². The fourth-order valence-electron chi connectivity index (χ4n) is 5.87. The number of rotatable bonds is 5. The summed E-state index contributed by atoms with van der Waals surface area (Å²) in [6.07, 6.45) is 0.171.